The maximum atomic E-state index is 13.6. The smallest absolute Gasteiger partial charge is 0.297 e. The molecule has 5 rings (SSSR count). The molecule has 0 spiro atoms. The van der Waals surface area contributed by atoms with Crippen LogP contribution < -0.4 is 10.3 Å². The molecule has 3 heterocycles. The standard InChI is InChI=1S/C22H15ClN4O5S/c1-3-16-24-25-22(33-16)26-18(11-5-4-6-12(8-11)27(30)31)17-19(28)13-9-14(23)10(2)7-15(13)32-20(17)21(26)29/h4-9,18H,3H2,1-2H3. The molecule has 0 bridgehead atoms. The molecule has 1 atom stereocenters. The summed E-state index contributed by atoms with van der Waals surface area (Å²) in [5.41, 5.74) is 0.807. The normalized spacial score (nSPS) is 15.3. The highest BCUT2D eigenvalue weighted by Gasteiger charge is 2.45. The molecule has 0 aliphatic carbocycles. The summed E-state index contributed by atoms with van der Waals surface area (Å²) >= 11 is 7.45. The Bertz CT molecular complexity index is 1530. The van der Waals surface area contributed by atoms with Gasteiger partial charge in [-0.2, -0.15) is 0 Å². The number of anilines is 1. The molecule has 1 aliphatic rings. The Morgan fingerprint density at radius 2 is 2.03 bits per heavy atom. The van der Waals surface area contributed by atoms with E-state index >= 15 is 0 Å². The quantitative estimate of drug-likeness (QED) is 0.302. The Morgan fingerprint density at radius 3 is 2.73 bits per heavy atom. The van der Waals surface area contributed by atoms with Gasteiger partial charge in [0.2, 0.25) is 10.9 Å². The molecule has 0 radical (unpaired) electrons. The fourth-order valence-corrected chi connectivity index (χ4v) is 4.87. The largest absolute Gasteiger partial charge is 0.450 e. The van der Waals surface area contributed by atoms with Crippen LogP contribution in [0.15, 0.2) is 45.6 Å². The molecule has 0 saturated heterocycles. The van der Waals surface area contributed by atoms with Crippen molar-refractivity contribution in [1.82, 2.24) is 10.2 Å². The summed E-state index contributed by atoms with van der Waals surface area (Å²) in [5.74, 6) is -0.689. The van der Waals surface area contributed by atoms with Gasteiger partial charge in [-0.05, 0) is 36.6 Å². The molecule has 0 N–H and O–H groups in total. The number of non-ortho nitro benzene ring substituents is 1. The first-order chi connectivity index (χ1) is 15.8. The van der Waals surface area contributed by atoms with Gasteiger partial charge < -0.3 is 4.42 Å². The van der Waals surface area contributed by atoms with Gasteiger partial charge in [-0.15, -0.1) is 10.2 Å². The lowest BCUT2D eigenvalue weighted by atomic mass is 9.98. The van der Waals surface area contributed by atoms with E-state index in [4.69, 9.17) is 16.0 Å². The number of nitro benzene ring substituents is 1. The molecule has 166 valence electrons. The Kier molecular flexibility index (Phi) is 4.98. The van der Waals surface area contributed by atoms with E-state index < -0.39 is 22.3 Å². The number of aromatic nitrogens is 2. The van der Waals surface area contributed by atoms with E-state index in [0.29, 0.717) is 27.6 Å². The molecule has 11 heteroatoms. The summed E-state index contributed by atoms with van der Waals surface area (Å²) in [6.45, 7) is 3.68. The van der Waals surface area contributed by atoms with Gasteiger partial charge in [-0.3, -0.25) is 24.6 Å². The van der Waals surface area contributed by atoms with Gasteiger partial charge in [0, 0.05) is 17.2 Å². The van der Waals surface area contributed by atoms with Crippen molar-refractivity contribution >= 4 is 50.6 Å². The van der Waals surface area contributed by atoms with Crippen molar-refractivity contribution in [2.45, 2.75) is 26.3 Å². The number of nitro groups is 1. The monoisotopic (exact) mass is 482 g/mol. The number of aryl methyl sites for hydroxylation is 2. The number of nitrogens with zero attached hydrogens (tertiary/aromatic N) is 4. The topological polar surface area (TPSA) is 119 Å². The second kappa shape index (κ2) is 7.75. The number of hydrogen-bond donors (Lipinski definition) is 0. The maximum absolute atomic E-state index is 13.6. The minimum Gasteiger partial charge on any atom is -0.450 e. The Hall–Kier alpha value is -3.63. The summed E-state index contributed by atoms with van der Waals surface area (Å²) < 4.78 is 5.92. The minimum atomic E-state index is -0.967. The lowest BCUT2D eigenvalue weighted by molar-refractivity contribution is -0.384. The van der Waals surface area contributed by atoms with Crippen LogP contribution in [0.1, 0.15) is 45.2 Å². The van der Waals surface area contributed by atoms with Gasteiger partial charge in [0.15, 0.2) is 5.43 Å². The maximum Gasteiger partial charge on any atom is 0.297 e. The van der Waals surface area contributed by atoms with E-state index in [9.17, 15) is 19.7 Å². The van der Waals surface area contributed by atoms with E-state index in [1.807, 2.05) is 6.92 Å². The van der Waals surface area contributed by atoms with Crippen molar-refractivity contribution in [2.24, 2.45) is 0 Å². The van der Waals surface area contributed by atoms with Crippen LogP contribution in [-0.2, 0) is 6.42 Å². The van der Waals surface area contributed by atoms with Gasteiger partial charge in [0.1, 0.15) is 10.6 Å². The highest BCUT2D eigenvalue weighted by atomic mass is 35.5. The highest BCUT2D eigenvalue weighted by Crippen LogP contribution is 2.43. The summed E-state index contributed by atoms with van der Waals surface area (Å²) in [6.07, 6.45) is 0.618. The predicted octanol–water partition coefficient (Wildman–Crippen LogP) is 4.83. The molecule has 0 saturated carbocycles. The minimum absolute atomic E-state index is 0.0844. The van der Waals surface area contributed by atoms with Crippen molar-refractivity contribution in [1.29, 1.82) is 0 Å². The first-order valence-corrected chi connectivity index (χ1v) is 11.2. The van der Waals surface area contributed by atoms with Crippen LogP contribution in [0.4, 0.5) is 10.8 Å². The molecule has 2 aromatic heterocycles. The number of rotatable bonds is 4. The van der Waals surface area contributed by atoms with Crippen LogP contribution in [0.5, 0.6) is 0 Å². The molecule has 2 aromatic carbocycles. The van der Waals surface area contributed by atoms with Gasteiger partial charge in [0.05, 0.1) is 21.9 Å². The second-order valence-electron chi connectivity index (χ2n) is 7.53. The van der Waals surface area contributed by atoms with Crippen LogP contribution in [0, 0.1) is 17.0 Å². The fraction of sp³-hybridized carbons (Fsp3) is 0.182. The average molecular weight is 483 g/mol. The van der Waals surface area contributed by atoms with Crippen molar-refractivity contribution in [2.75, 3.05) is 4.90 Å². The molecule has 33 heavy (non-hydrogen) atoms. The van der Waals surface area contributed by atoms with Crippen LogP contribution in [-0.4, -0.2) is 21.0 Å². The SMILES string of the molecule is CCc1nnc(N2C(=O)c3oc4cc(C)c(Cl)cc4c(=O)c3C2c2cccc([N+](=O)[O-])c2)s1. The summed E-state index contributed by atoms with van der Waals surface area (Å²) in [5, 5.41) is 21.2. The van der Waals surface area contributed by atoms with E-state index in [1.165, 1.54) is 40.5 Å². The second-order valence-corrected chi connectivity index (χ2v) is 8.98. The van der Waals surface area contributed by atoms with Crippen molar-refractivity contribution in [3.8, 4) is 0 Å². The van der Waals surface area contributed by atoms with E-state index in [1.54, 1.807) is 19.1 Å². The lowest BCUT2D eigenvalue weighted by Crippen LogP contribution is -2.29. The molecule has 1 aliphatic heterocycles. The van der Waals surface area contributed by atoms with Crippen molar-refractivity contribution < 1.29 is 14.1 Å². The van der Waals surface area contributed by atoms with E-state index in [-0.39, 0.29) is 33.1 Å². The number of fused-ring (bicyclic) bond motifs is 2. The highest BCUT2D eigenvalue weighted by molar-refractivity contribution is 7.15. The third-order valence-corrected chi connectivity index (χ3v) is 6.99. The zero-order chi connectivity index (χ0) is 23.4. The molecular weight excluding hydrogens is 468 g/mol. The van der Waals surface area contributed by atoms with Gasteiger partial charge >= 0.3 is 0 Å². The lowest BCUT2D eigenvalue weighted by Gasteiger charge is -2.21. The molecule has 9 nitrogen and oxygen atoms in total. The number of benzene rings is 2. The van der Waals surface area contributed by atoms with Crippen LogP contribution >= 0.6 is 22.9 Å². The first kappa shape index (κ1) is 21.2. The number of hydrogen-bond acceptors (Lipinski definition) is 8. The summed E-state index contributed by atoms with van der Waals surface area (Å²) in [7, 11) is 0. The Balaban J connectivity index is 1.82. The fourth-order valence-electron chi connectivity index (χ4n) is 3.90. The first-order valence-electron chi connectivity index (χ1n) is 9.97. The summed E-state index contributed by atoms with van der Waals surface area (Å²) in [6, 6.07) is 7.97. The van der Waals surface area contributed by atoms with Gasteiger partial charge in [-0.25, -0.2) is 0 Å². The number of carbonyl (C=O) groups excluding carboxylic acids is 1. The van der Waals surface area contributed by atoms with Crippen LogP contribution in [0.25, 0.3) is 11.0 Å². The van der Waals surface area contributed by atoms with Crippen molar-refractivity contribution in [3.63, 3.8) is 0 Å². The van der Waals surface area contributed by atoms with Gasteiger partial charge in [0.25, 0.3) is 11.6 Å². The zero-order valence-corrected chi connectivity index (χ0v) is 18.9. The number of halogens is 1. The van der Waals surface area contributed by atoms with E-state index in [0.717, 1.165) is 0 Å². The third-order valence-electron chi connectivity index (χ3n) is 5.51. The number of carbonyl (C=O) groups is 1. The summed E-state index contributed by atoms with van der Waals surface area (Å²) in [4.78, 5) is 39.3. The zero-order valence-electron chi connectivity index (χ0n) is 17.4. The molecule has 1 unspecified atom stereocenters. The predicted molar refractivity (Wildman–Crippen MR) is 123 cm³/mol. The number of amides is 1. The molecular formula is C22H15ClN4O5S. The van der Waals surface area contributed by atoms with Crippen LogP contribution in [0.2, 0.25) is 5.02 Å². The van der Waals surface area contributed by atoms with Crippen LogP contribution in [0.3, 0.4) is 0 Å². The Morgan fingerprint density at radius 1 is 1.24 bits per heavy atom. The average Bonchev–Trinajstić information content (AvgIpc) is 3.38. The van der Waals surface area contributed by atoms with Crippen molar-refractivity contribution in [3.05, 3.63) is 89.2 Å². The van der Waals surface area contributed by atoms with E-state index in [2.05, 4.69) is 10.2 Å². The molecule has 1 amide bonds. The Labute approximate surface area is 195 Å². The molecule has 4 aromatic rings. The molecule has 0 fully saturated rings. The third kappa shape index (κ3) is 3.30. The van der Waals surface area contributed by atoms with Gasteiger partial charge in [-0.1, -0.05) is 42.0 Å².